The number of carbonyl (C=O) groups is 10. The minimum Gasteiger partial charge on any atom is -0.460 e. The van der Waals surface area contributed by atoms with Gasteiger partial charge in [-0.15, -0.1) is 0 Å². The first-order valence-electron chi connectivity index (χ1n) is 31.6. The highest BCUT2D eigenvalue weighted by molar-refractivity contribution is 5.98. The van der Waals surface area contributed by atoms with Crippen molar-refractivity contribution in [1.29, 1.82) is 0 Å². The Labute approximate surface area is 522 Å². The molecule has 0 aromatic rings. The molecule has 1 aliphatic carbocycles. The highest BCUT2D eigenvalue weighted by Crippen LogP contribution is 2.25. The van der Waals surface area contributed by atoms with E-state index in [0.717, 1.165) is 55.8 Å². The highest BCUT2D eigenvalue weighted by Gasteiger charge is 2.48. The number of likely N-dealkylation sites (tertiary alicyclic amines) is 2. The standard InChI is InChI=1S/C60H103N11O18/c1-9-11-12-13-14-15-16-17-18-19-20-22-39(30-44(79)69-60(25-26-60)37(8)75)89-59(88)40(23-21-27-61)64-54(83)47(34(5)72)65-45(80)31-63-53(82)50(42(77)10-2)68-56(85)51-43(78)24-28-70(51)58(87)49(36(7)74)67-55(84)48(35(6)73)66-52(81)41-29-38(76)32-71(41)57(86)46(62)33(3)4/h33-43,46-51,72-78H,9-24,27-32,61-62H2,1-8H3,(H,63,82)(H,64,83)(H,65,80)(H,66,81)(H,67,84)(H,68,85)(H,69,79). The molecule has 29 heteroatoms. The Balaban J connectivity index is 1.69. The second-order valence-corrected chi connectivity index (χ2v) is 24.3. The SMILES string of the molecule is CCCCCCCCCCCCCC(CC(=O)NC1(C(C)O)C#C1)OC(=O)C(CCCN)NC(=O)C(NC(=O)CNC(=O)C(NC(=O)C1C(O)CCN1C(=O)C(NC(=O)C(NC(=O)C1CC(O)CN1C(=O)C(N)C(C)C)C(C)O)C(C)O)C(O)CC)C(C)O. The first-order valence-corrected chi connectivity index (χ1v) is 31.6. The molecule has 0 aromatic heterocycles. The lowest BCUT2D eigenvalue weighted by Gasteiger charge is -2.33. The van der Waals surface area contributed by atoms with Gasteiger partial charge in [0.2, 0.25) is 53.2 Å². The number of hydrogen-bond donors (Lipinski definition) is 16. The van der Waals surface area contributed by atoms with E-state index in [1.54, 1.807) is 13.8 Å². The zero-order chi connectivity index (χ0) is 66.9. The van der Waals surface area contributed by atoms with Crippen molar-refractivity contribution >= 4 is 59.1 Å². The van der Waals surface area contributed by atoms with Crippen LogP contribution < -0.4 is 48.7 Å². The molecule has 0 saturated carbocycles. The Morgan fingerprint density at radius 1 is 0.629 bits per heavy atom. The summed E-state index contributed by atoms with van der Waals surface area (Å²) in [5.74, 6) is -4.70. The Hall–Kier alpha value is -6.10. The Bertz CT molecular complexity index is 2410. The number of aliphatic hydroxyl groups excluding tert-OH is 7. The highest BCUT2D eigenvalue weighted by atomic mass is 16.5. The molecule has 16 unspecified atom stereocenters. The number of hydrogen-bond acceptors (Lipinski definition) is 20. The molecule has 9 amide bonds. The summed E-state index contributed by atoms with van der Waals surface area (Å²) in [6, 6.07) is -12.8. The van der Waals surface area contributed by atoms with Crippen molar-refractivity contribution < 1.29 is 88.4 Å². The third-order valence-corrected chi connectivity index (χ3v) is 16.3. The van der Waals surface area contributed by atoms with E-state index in [1.165, 1.54) is 52.9 Å². The van der Waals surface area contributed by atoms with Gasteiger partial charge in [-0.2, -0.15) is 0 Å². The molecular formula is C60H103N11O18. The number of nitrogens with two attached hydrogens (primary N) is 2. The lowest BCUT2D eigenvalue weighted by Crippen LogP contribution is -2.64. The quantitative estimate of drug-likeness (QED) is 0.0159. The van der Waals surface area contributed by atoms with Crippen LogP contribution in [0.1, 0.15) is 171 Å². The molecule has 29 nitrogen and oxygen atoms in total. The topological polar surface area (TPSA) is 464 Å². The molecule has 0 spiro atoms. The summed E-state index contributed by atoms with van der Waals surface area (Å²) < 4.78 is 5.88. The predicted octanol–water partition coefficient (Wildman–Crippen LogP) is -3.66. The first kappa shape index (κ1) is 77.1. The fourth-order valence-electron chi connectivity index (χ4n) is 10.5. The van der Waals surface area contributed by atoms with E-state index in [9.17, 15) is 83.7 Å². The van der Waals surface area contributed by atoms with Gasteiger partial charge >= 0.3 is 5.97 Å². The number of ether oxygens (including phenoxy) is 1. The van der Waals surface area contributed by atoms with Crippen molar-refractivity contribution in [3.63, 3.8) is 0 Å². The minimum absolute atomic E-state index is 0.0398. The van der Waals surface area contributed by atoms with Gasteiger partial charge in [0.25, 0.3) is 0 Å². The number of nitrogens with zero attached hydrogens (tertiary/aromatic N) is 2. The van der Waals surface area contributed by atoms with E-state index in [2.05, 4.69) is 56.0 Å². The summed E-state index contributed by atoms with van der Waals surface area (Å²) in [4.78, 5) is 139. The largest absolute Gasteiger partial charge is 0.460 e. The van der Waals surface area contributed by atoms with Gasteiger partial charge in [-0.05, 0) is 78.7 Å². The maximum Gasteiger partial charge on any atom is 0.328 e. The van der Waals surface area contributed by atoms with Crippen molar-refractivity contribution in [3.8, 4) is 11.8 Å². The third kappa shape index (κ3) is 24.2. The Morgan fingerprint density at radius 2 is 1.18 bits per heavy atom. The third-order valence-electron chi connectivity index (χ3n) is 16.3. The number of carbonyl (C=O) groups excluding carboxylic acids is 10. The Kier molecular flexibility index (Phi) is 32.9. The molecule has 18 N–H and O–H groups in total. The summed E-state index contributed by atoms with van der Waals surface area (Å²) in [5, 5.41) is 91.4. The molecule has 0 bridgehead atoms. The molecule has 2 heterocycles. The first-order chi connectivity index (χ1) is 41.9. The zero-order valence-electron chi connectivity index (χ0n) is 53.0. The minimum atomic E-state index is -1.88. The number of nitrogens with one attached hydrogen (secondary N) is 7. The van der Waals surface area contributed by atoms with Gasteiger partial charge in [-0.1, -0.05) is 104 Å². The number of rotatable bonds is 41. The zero-order valence-corrected chi connectivity index (χ0v) is 53.0. The van der Waals surface area contributed by atoms with Gasteiger partial charge in [-0.3, -0.25) is 43.2 Å². The lowest BCUT2D eigenvalue weighted by atomic mass is 10.0. The van der Waals surface area contributed by atoms with E-state index < -0.39 is 168 Å². The van der Waals surface area contributed by atoms with Crippen LogP contribution in [0.2, 0.25) is 0 Å². The second kappa shape index (κ2) is 37.9. The number of amides is 9. The van der Waals surface area contributed by atoms with Crippen LogP contribution >= 0.6 is 0 Å². The molecule has 3 rings (SSSR count). The van der Waals surface area contributed by atoms with E-state index in [0.29, 0.717) is 12.8 Å². The van der Waals surface area contributed by atoms with E-state index in [1.807, 2.05) is 0 Å². The molecule has 2 fully saturated rings. The van der Waals surface area contributed by atoms with Crippen LogP contribution in [0.25, 0.3) is 0 Å². The summed E-state index contributed by atoms with van der Waals surface area (Å²) in [6.07, 6.45) is 0.0316. The summed E-state index contributed by atoms with van der Waals surface area (Å²) in [6.45, 7) is 10.5. The van der Waals surface area contributed by atoms with Crippen LogP contribution in [0, 0.1) is 17.8 Å². The predicted molar refractivity (Wildman–Crippen MR) is 323 cm³/mol. The van der Waals surface area contributed by atoms with Crippen LogP contribution in [0.15, 0.2) is 0 Å². The Morgan fingerprint density at radius 3 is 1.71 bits per heavy atom. The molecule has 0 aromatic carbocycles. The van der Waals surface area contributed by atoms with Gasteiger partial charge in [0.15, 0.2) is 5.54 Å². The molecule has 3 aliphatic rings. The molecular weight excluding hydrogens is 1160 g/mol. The second-order valence-electron chi connectivity index (χ2n) is 24.3. The number of unbranched alkanes of at least 4 members (excludes halogenated alkanes) is 10. The normalized spacial score (nSPS) is 21.6. The number of aliphatic hydroxyl groups is 7. The summed E-state index contributed by atoms with van der Waals surface area (Å²) >= 11 is 0. The fourth-order valence-corrected chi connectivity index (χ4v) is 10.5. The monoisotopic (exact) mass is 1270 g/mol. The average molecular weight is 1270 g/mol. The van der Waals surface area contributed by atoms with Crippen molar-refractivity contribution in [3.05, 3.63) is 0 Å². The smallest absolute Gasteiger partial charge is 0.328 e. The maximum atomic E-state index is 14.2. The molecule has 2 saturated heterocycles. The fraction of sp³-hybridized carbons (Fsp3) is 0.800. The van der Waals surface area contributed by atoms with Crippen LogP contribution in [0.5, 0.6) is 0 Å². The van der Waals surface area contributed by atoms with Crippen molar-refractivity contribution in [2.45, 2.75) is 274 Å². The molecule has 2 aliphatic heterocycles. The van der Waals surface area contributed by atoms with Gasteiger partial charge in [0.05, 0.1) is 61.7 Å². The molecule has 16 atom stereocenters. The summed E-state index contributed by atoms with van der Waals surface area (Å²) in [5.41, 5.74) is 10.6. The number of esters is 1. The van der Waals surface area contributed by atoms with E-state index >= 15 is 0 Å². The maximum absolute atomic E-state index is 14.2. The van der Waals surface area contributed by atoms with Crippen molar-refractivity contribution in [1.82, 2.24) is 47.0 Å². The molecule has 0 radical (unpaired) electrons. The van der Waals surface area contributed by atoms with Crippen LogP contribution in [0.4, 0.5) is 0 Å². The van der Waals surface area contributed by atoms with Gasteiger partial charge in [0, 0.05) is 19.5 Å². The van der Waals surface area contributed by atoms with Crippen LogP contribution in [-0.4, -0.2) is 234 Å². The van der Waals surface area contributed by atoms with Crippen LogP contribution in [-0.2, 0) is 52.7 Å². The van der Waals surface area contributed by atoms with Crippen molar-refractivity contribution in [2.24, 2.45) is 17.4 Å². The number of β-amino-alcohol motifs (C(OH)–C–C–N with tert-alkyl or cyclic N) is 1. The molecule has 89 heavy (non-hydrogen) atoms. The van der Waals surface area contributed by atoms with E-state index in [-0.39, 0.29) is 64.1 Å². The van der Waals surface area contributed by atoms with Gasteiger partial charge in [-0.25, -0.2) is 4.79 Å². The van der Waals surface area contributed by atoms with Gasteiger partial charge < -0.3 is 99.0 Å². The average Bonchev–Trinajstić information content (AvgIpc) is 1.83. The van der Waals surface area contributed by atoms with Crippen molar-refractivity contribution in [2.75, 3.05) is 26.2 Å². The van der Waals surface area contributed by atoms with Gasteiger partial charge in [0.1, 0.15) is 48.4 Å². The van der Waals surface area contributed by atoms with E-state index in [4.69, 9.17) is 16.2 Å². The lowest BCUT2D eigenvalue weighted by molar-refractivity contribution is -0.155. The molecule has 506 valence electrons. The van der Waals surface area contributed by atoms with Crippen LogP contribution in [0.3, 0.4) is 0 Å². The summed E-state index contributed by atoms with van der Waals surface area (Å²) in [7, 11) is 0.